The number of hydrogen-bond donors (Lipinski definition) is 2. The van der Waals surface area contributed by atoms with Gasteiger partial charge in [0.2, 0.25) is 5.91 Å². The van der Waals surface area contributed by atoms with Crippen molar-refractivity contribution < 1.29 is 32.2 Å². The Hall–Kier alpha value is -1.19. The molecule has 1 saturated heterocycles. The Balaban J connectivity index is 2.28. The van der Waals surface area contributed by atoms with E-state index >= 15 is 0 Å². The molecule has 1 heterocycles. The van der Waals surface area contributed by atoms with Crippen molar-refractivity contribution in [2.24, 2.45) is 5.92 Å². The highest BCUT2D eigenvalue weighted by Gasteiger charge is 2.75. The molecular formula is C14H12BrF4NO3. The smallest absolute Gasteiger partial charge is 0.356 e. The molecule has 2 aliphatic rings. The summed E-state index contributed by atoms with van der Waals surface area (Å²) in [4.78, 5) is 11.7. The number of ether oxygens (including phenoxy) is 1. The van der Waals surface area contributed by atoms with E-state index in [2.05, 4.69) is 26.0 Å². The topological polar surface area (TPSA) is 58.6 Å². The van der Waals surface area contributed by atoms with E-state index in [1.165, 1.54) is 6.07 Å². The van der Waals surface area contributed by atoms with E-state index in [1.54, 1.807) is 0 Å². The van der Waals surface area contributed by atoms with Gasteiger partial charge in [0.1, 0.15) is 18.0 Å². The molecule has 23 heavy (non-hydrogen) atoms. The monoisotopic (exact) mass is 397 g/mol. The second-order valence-corrected chi connectivity index (χ2v) is 6.60. The Morgan fingerprint density at radius 2 is 2.00 bits per heavy atom. The highest BCUT2D eigenvalue weighted by molar-refractivity contribution is 9.10. The molecular weight excluding hydrogens is 386 g/mol. The number of benzene rings is 1. The Kier molecular flexibility index (Phi) is 3.73. The van der Waals surface area contributed by atoms with Gasteiger partial charge in [0.15, 0.2) is 0 Å². The molecule has 1 amide bonds. The summed E-state index contributed by atoms with van der Waals surface area (Å²) in [5.41, 5.74) is -2.88. The molecule has 2 atom stereocenters. The van der Waals surface area contributed by atoms with Crippen LogP contribution in [-0.4, -0.2) is 29.6 Å². The van der Waals surface area contributed by atoms with Crippen LogP contribution in [0.3, 0.4) is 0 Å². The van der Waals surface area contributed by atoms with Gasteiger partial charge in [0.05, 0.1) is 0 Å². The van der Waals surface area contributed by atoms with Crippen LogP contribution >= 0.6 is 15.9 Å². The van der Waals surface area contributed by atoms with Crippen molar-refractivity contribution >= 4 is 21.8 Å². The van der Waals surface area contributed by atoms with Gasteiger partial charge in [-0.2, -0.15) is 13.2 Å². The predicted octanol–water partition coefficient (Wildman–Crippen LogP) is 2.59. The maximum Gasteiger partial charge on any atom is 0.446 e. The summed E-state index contributed by atoms with van der Waals surface area (Å²) in [6.45, 7) is -0.958. The first kappa shape index (κ1) is 16.7. The summed E-state index contributed by atoms with van der Waals surface area (Å²) in [7, 11) is 0. The van der Waals surface area contributed by atoms with Crippen molar-refractivity contribution in [3.05, 3.63) is 34.1 Å². The van der Waals surface area contributed by atoms with Crippen molar-refractivity contribution in [2.75, 3.05) is 6.61 Å². The van der Waals surface area contributed by atoms with Crippen LogP contribution in [0, 0.1) is 11.7 Å². The molecule has 0 spiro atoms. The summed E-state index contributed by atoms with van der Waals surface area (Å²) >= 11 is 3.08. The maximum atomic E-state index is 14.3. The fourth-order valence-electron chi connectivity index (χ4n) is 3.09. The molecule has 1 aromatic carbocycles. The molecule has 9 heteroatoms. The number of carbonyl (C=O) groups excluding carboxylic acids is 1. The highest BCUT2D eigenvalue weighted by Crippen LogP contribution is 2.58. The lowest BCUT2D eigenvalue weighted by molar-refractivity contribution is -0.403. The Morgan fingerprint density at radius 3 is 2.57 bits per heavy atom. The minimum absolute atomic E-state index is 0.300. The first-order valence-corrected chi connectivity index (χ1v) is 7.61. The minimum Gasteiger partial charge on any atom is -0.356 e. The fourth-order valence-corrected chi connectivity index (χ4v) is 3.46. The Morgan fingerprint density at radius 1 is 1.35 bits per heavy atom. The van der Waals surface area contributed by atoms with Gasteiger partial charge in [-0.05, 0) is 37.0 Å². The van der Waals surface area contributed by atoms with Gasteiger partial charge >= 0.3 is 6.18 Å². The molecule has 0 radical (unpaired) electrons. The van der Waals surface area contributed by atoms with Crippen molar-refractivity contribution in [3.63, 3.8) is 0 Å². The van der Waals surface area contributed by atoms with Gasteiger partial charge in [-0.1, -0.05) is 15.9 Å². The zero-order chi connectivity index (χ0) is 17.0. The fraction of sp³-hybridized carbons (Fsp3) is 0.500. The van der Waals surface area contributed by atoms with E-state index in [-0.39, 0.29) is 0 Å². The number of halogens is 5. The largest absolute Gasteiger partial charge is 0.446 e. The number of aliphatic hydroxyl groups is 1. The van der Waals surface area contributed by atoms with E-state index in [0.717, 1.165) is 12.1 Å². The molecule has 2 fully saturated rings. The number of amides is 1. The lowest BCUT2D eigenvalue weighted by Gasteiger charge is -2.50. The van der Waals surface area contributed by atoms with Crippen LogP contribution in [-0.2, 0) is 15.1 Å². The lowest BCUT2D eigenvalue weighted by Crippen LogP contribution is -2.74. The van der Waals surface area contributed by atoms with Crippen LogP contribution in [0.15, 0.2) is 22.7 Å². The molecule has 2 N–H and O–H groups in total. The quantitative estimate of drug-likeness (QED) is 0.754. The lowest BCUT2D eigenvalue weighted by atomic mass is 9.75. The first-order chi connectivity index (χ1) is 10.6. The van der Waals surface area contributed by atoms with Gasteiger partial charge in [-0.15, -0.1) is 0 Å². The zero-order valence-corrected chi connectivity index (χ0v) is 13.2. The van der Waals surface area contributed by atoms with Crippen LogP contribution in [0.25, 0.3) is 0 Å². The standard InChI is InChI=1S/C14H12BrF4NO3/c15-8-3-4-10(16)9(5-8)12(7-1-2-7)13(22,14(17,18)19)23-6-11(21)20-12/h3-5,7,22H,1-2,6H2,(H,20,21). The average Bonchev–Trinajstić information content (AvgIpc) is 3.28. The molecule has 1 aliphatic carbocycles. The Bertz CT molecular complexity index is 664. The van der Waals surface area contributed by atoms with Crippen LogP contribution in [0.1, 0.15) is 18.4 Å². The molecule has 2 unspecified atom stereocenters. The molecule has 1 aromatic rings. The van der Waals surface area contributed by atoms with Crippen LogP contribution in [0.2, 0.25) is 0 Å². The van der Waals surface area contributed by atoms with E-state index < -0.39 is 47.3 Å². The van der Waals surface area contributed by atoms with Crippen molar-refractivity contribution in [1.29, 1.82) is 0 Å². The number of alkyl halides is 3. The third-order valence-corrected chi connectivity index (χ3v) is 4.70. The summed E-state index contributed by atoms with van der Waals surface area (Å²) in [6, 6.07) is 3.41. The average molecular weight is 398 g/mol. The molecule has 3 rings (SSSR count). The summed E-state index contributed by atoms with van der Waals surface area (Å²) in [5, 5.41) is 12.5. The van der Waals surface area contributed by atoms with E-state index in [1.807, 2.05) is 0 Å². The normalized spacial score (nSPS) is 31.8. The van der Waals surface area contributed by atoms with Gasteiger partial charge in [0.25, 0.3) is 5.79 Å². The maximum absolute atomic E-state index is 14.3. The number of carbonyl (C=O) groups is 1. The van der Waals surface area contributed by atoms with E-state index in [9.17, 15) is 27.5 Å². The van der Waals surface area contributed by atoms with Crippen LogP contribution in [0.5, 0.6) is 0 Å². The first-order valence-electron chi connectivity index (χ1n) is 6.81. The third kappa shape index (κ3) is 2.36. The third-order valence-electron chi connectivity index (χ3n) is 4.21. The highest BCUT2D eigenvalue weighted by atomic mass is 79.9. The number of nitrogens with one attached hydrogen (secondary N) is 1. The Labute approximate surface area is 136 Å². The van der Waals surface area contributed by atoms with Crippen molar-refractivity contribution in [2.45, 2.75) is 30.3 Å². The molecule has 0 bridgehead atoms. The number of morpholine rings is 1. The predicted molar refractivity (Wildman–Crippen MR) is 73.6 cm³/mol. The number of hydrogen-bond acceptors (Lipinski definition) is 3. The molecule has 1 saturated carbocycles. The van der Waals surface area contributed by atoms with Crippen LogP contribution in [0.4, 0.5) is 17.6 Å². The molecule has 126 valence electrons. The van der Waals surface area contributed by atoms with Gasteiger partial charge in [-0.3, -0.25) is 4.79 Å². The summed E-state index contributed by atoms with van der Waals surface area (Å²) in [5.74, 6) is -6.31. The van der Waals surface area contributed by atoms with Gasteiger partial charge in [0, 0.05) is 10.0 Å². The summed E-state index contributed by atoms with van der Waals surface area (Å²) < 4.78 is 60.0. The SMILES string of the molecule is O=C1COC(O)(C(F)(F)F)C(c2cc(Br)ccc2F)(C2CC2)N1. The zero-order valence-electron chi connectivity index (χ0n) is 11.6. The summed E-state index contributed by atoms with van der Waals surface area (Å²) in [6.07, 6.45) is -4.62. The van der Waals surface area contributed by atoms with E-state index in [0.29, 0.717) is 17.3 Å². The van der Waals surface area contributed by atoms with Crippen LogP contribution < -0.4 is 5.32 Å². The van der Waals surface area contributed by atoms with Gasteiger partial charge in [-0.25, -0.2) is 4.39 Å². The van der Waals surface area contributed by atoms with E-state index in [4.69, 9.17) is 0 Å². The molecule has 4 nitrogen and oxygen atoms in total. The van der Waals surface area contributed by atoms with Crippen molar-refractivity contribution in [3.8, 4) is 0 Å². The van der Waals surface area contributed by atoms with Crippen molar-refractivity contribution in [1.82, 2.24) is 5.32 Å². The molecule has 0 aromatic heterocycles. The second-order valence-electron chi connectivity index (χ2n) is 5.69. The molecule has 1 aliphatic heterocycles. The van der Waals surface area contributed by atoms with Gasteiger partial charge < -0.3 is 15.2 Å². The minimum atomic E-state index is -5.22. The number of rotatable bonds is 2. The second kappa shape index (κ2) is 5.15.